The molecule has 0 aliphatic heterocycles. The van der Waals surface area contributed by atoms with Gasteiger partial charge in [0.05, 0.1) is 26.4 Å². The van der Waals surface area contributed by atoms with Gasteiger partial charge in [0, 0.05) is 25.7 Å². The molecule has 0 amide bonds. The second kappa shape index (κ2) is 61.9. The summed E-state index contributed by atoms with van der Waals surface area (Å²) in [5.74, 6) is 0.219. The first kappa shape index (κ1) is 88.1. The van der Waals surface area contributed by atoms with Crippen LogP contribution in [0.25, 0.3) is 0 Å². The SMILES string of the molecule is CCCCCCCCCCCCCCC(=O)O[C@H](COC(=O)CCCCCCCCC(C)CC)COP(=O)(O)OC[C@H](O)COP(=O)(O)OC[C@@H](COC(=O)CCCCCCCCCCCCC(C)CC)OC(=O)CCCCCCCCCCCCC(C)CC. The second-order valence-electron chi connectivity index (χ2n) is 26.4. The molecular formula is C71H138O17P2. The maximum Gasteiger partial charge on any atom is 0.472 e. The summed E-state index contributed by atoms with van der Waals surface area (Å²) in [5.41, 5.74) is 0. The van der Waals surface area contributed by atoms with Crippen molar-refractivity contribution in [3.63, 3.8) is 0 Å². The number of hydrogen-bond donors (Lipinski definition) is 3. The molecule has 17 nitrogen and oxygen atoms in total. The molecule has 0 aromatic carbocycles. The number of hydrogen-bond acceptors (Lipinski definition) is 15. The van der Waals surface area contributed by atoms with Crippen LogP contribution in [0.4, 0.5) is 0 Å². The van der Waals surface area contributed by atoms with Gasteiger partial charge in [-0.25, -0.2) is 9.13 Å². The van der Waals surface area contributed by atoms with Crippen molar-refractivity contribution in [1.82, 2.24) is 0 Å². The zero-order chi connectivity index (χ0) is 66.6. The lowest BCUT2D eigenvalue weighted by Gasteiger charge is -2.21. The summed E-state index contributed by atoms with van der Waals surface area (Å²) in [6.45, 7) is 11.9. The molecule has 5 unspecified atom stereocenters. The molecule has 0 saturated heterocycles. The monoisotopic (exact) mass is 1320 g/mol. The number of ether oxygens (including phenoxy) is 4. The number of aliphatic hydroxyl groups excluding tert-OH is 1. The van der Waals surface area contributed by atoms with Gasteiger partial charge in [-0.2, -0.15) is 0 Å². The van der Waals surface area contributed by atoms with Crippen molar-refractivity contribution in [2.45, 2.75) is 375 Å². The molecule has 90 heavy (non-hydrogen) atoms. The van der Waals surface area contributed by atoms with Gasteiger partial charge in [-0.15, -0.1) is 0 Å². The van der Waals surface area contributed by atoms with Crippen LogP contribution in [0, 0.1) is 17.8 Å². The van der Waals surface area contributed by atoms with E-state index >= 15 is 0 Å². The van der Waals surface area contributed by atoms with E-state index in [-0.39, 0.29) is 25.7 Å². The number of carbonyl (C=O) groups excluding carboxylic acids is 4. The van der Waals surface area contributed by atoms with E-state index in [4.69, 9.17) is 37.0 Å². The standard InChI is InChI=1S/C71H138O17P2/c1-8-12-13-14-15-16-17-18-26-31-40-47-54-70(75)88-67(59-82-69(74)53-46-39-34-33-37-44-51-64(7)11-4)61-86-90(79,80)84-57-65(72)56-83-89(77,78)85-60-66(87-71(76)55-48-41-32-27-22-20-24-29-36-43-50-63(6)10-3)58-81-68(73)52-45-38-30-25-21-19-23-28-35-42-49-62(5)9-2/h62-67,72H,8-61H2,1-7H3,(H,77,78)(H,79,80)/t62?,63?,64?,65-,66-,67-/m1/s1. The number of phosphoric acid groups is 2. The van der Waals surface area contributed by atoms with Crippen LogP contribution in [-0.2, 0) is 65.4 Å². The average molecular weight is 1330 g/mol. The van der Waals surface area contributed by atoms with Crippen molar-refractivity contribution >= 4 is 39.5 Å². The zero-order valence-electron chi connectivity index (χ0n) is 58.6. The van der Waals surface area contributed by atoms with Crippen LogP contribution in [0.2, 0.25) is 0 Å². The van der Waals surface area contributed by atoms with Crippen LogP contribution in [0.15, 0.2) is 0 Å². The first-order valence-electron chi connectivity index (χ1n) is 37.0. The fraction of sp³-hybridized carbons (Fsp3) is 0.944. The Balaban J connectivity index is 5.27. The summed E-state index contributed by atoms with van der Waals surface area (Å²) in [6, 6.07) is 0. The summed E-state index contributed by atoms with van der Waals surface area (Å²) in [4.78, 5) is 72.6. The Morgan fingerprint density at radius 1 is 0.311 bits per heavy atom. The van der Waals surface area contributed by atoms with Crippen molar-refractivity contribution < 1.29 is 80.2 Å². The number of aliphatic hydroxyl groups is 1. The molecule has 3 N–H and O–H groups in total. The first-order chi connectivity index (χ1) is 43.3. The smallest absolute Gasteiger partial charge is 0.462 e. The minimum absolute atomic E-state index is 0.106. The van der Waals surface area contributed by atoms with E-state index in [0.29, 0.717) is 25.7 Å². The van der Waals surface area contributed by atoms with Gasteiger partial charge in [-0.05, 0) is 43.4 Å². The van der Waals surface area contributed by atoms with E-state index in [0.717, 1.165) is 114 Å². The van der Waals surface area contributed by atoms with E-state index in [9.17, 15) is 43.2 Å². The molecule has 0 aliphatic rings. The van der Waals surface area contributed by atoms with Gasteiger partial charge in [0.2, 0.25) is 0 Å². The van der Waals surface area contributed by atoms with Crippen molar-refractivity contribution in [2.75, 3.05) is 39.6 Å². The summed E-state index contributed by atoms with van der Waals surface area (Å²) in [7, 11) is -9.90. The van der Waals surface area contributed by atoms with Crippen LogP contribution in [-0.4, -0.2) is 96.7 Å². The van der Waals surface area contributed by atoms with Crippen LogP contribution in [0.5, 0.6) is 0 Å². The first-order valence-corrected chi connectivity index (χ1v) is 40.0. The number of unbranched alkanes of at least 4 members (excludes halogenated alkanes) is 34. The van der Waals surface area contributed by atoms with Crippen molar-refractivity contribution in [2.24, 2.45) is 17.8 Å². The lowest BCUT2D eigenvalue weighted by atomic mass is 9.99. The van der Waals surface area contributed by atoms with Crippen LogP contribution < -0.4 is 0 Å². The topological polar surface area (TPSA) is 237 Å². The molecule has 0 saturated carbocycles. The third kappa shape index (κ3) is 61.0. The minimum atomic E-state index is -4.95. The molecule has 0 aromatic heterocycles. The lowest BCUT2D eigenvalue weighted by Crippen LogP contribution is -2.30. The fourth-order valence-electron chi connectivity index (χ4n) is 10.6. The van der Waals surface area contributed by atoms with E-state index in [1.807, 2.05) is 0 Å². The maximum atomic E-state index is 13.0. The molecule has 8 atom stereocenters. The Bertz CT molecular complexity index is 1770. The summed E-state index contributed by atoms with van der Waals surface area (Å²) in [6.07, 6.45) is 45.6. The average Bonchev–Trinajstić information content (AvgIpc) is 3.70. The molecule has 0 bridgehead atoms. The highest BCUT2D eigenvalue weighted by molar-refractivity contribution is 7.47. The molecule has 0 spiro atoms. The Hall–Kier alpha value is -1.94. The summed E-state index contributed by atoms with van der Waals surface area (Å²) in [5, 5.41) is 10.6. The highest BCUT2D eigenvalue weighted by Gasteiger charge is 2.30. The van der Waals surface area contributed by atoms with Crippen LogP contribution in [0.1, 0.15) is 357 Å². The van der Waals surface area contributed by atoms with Crippen LogP contribution in [0.3, 0.4) is 0 Å². The molecule has 0 radical (unpaired) electrons. The van der Waals surface area contributed by atoms with Gasteiger partial charge in [0.15, 0.2) is 12.2 Å². The Labute approximate surface area is 549 Å². The molecule has 19 heteroatoms. The quantitative estimate of drug-likeness (QED) is 0.0222. The van der Waals surface area contributed by atoms with Crippen LogP contribution >= 0.6 is 15.6 Å². The molecule has 0 rings (SSSR count). The van der Waals surface area contributed by atoms with Crippen molar-refractivity contribution in [3.8, 4) is 0 Å². The molecule has 0 fully saturated rings. The molecule has 0 aliphatic carbocycles. The third-order valence-corrected chi connectivity index (χ3v) is 19.4. The van der Waals surface area contributed by atoms with Crippen molar-refractivity contribution in [3.05, 3.63) is 0 Å². The van der Waals surface area contributed by atoms with E-state index in [2.05, 4.69) is 48.5 Å². The predicted octanol–water partition coefficient (Wildman–Crippen LogP) is 20.2. The highest BCUT2D eigenvalue weighted by Crippen LogP contribution is 2.45. The summed E-state index contributed by atoms with van der Waals surface area (Å²) < 4.78 is 68.3. The molecule has 534 valence electrons. The zero-order valence-corrected chi connectivity index (χ0v) is 60.4. The fourth-order valence-corrected chi connectivity index (χ4v) is 12.2. The highest BCUT2D eigenvalue weighted by atomic mass is 31.2. The molecule has 0 aromatic rings. The van der Waals surface area contributed by atoms with E-state index in [1.165, 1.54) is 161 Å². The Morgan fingerprint density at radius 3 is 0.789 bits per heavy atom. The van der Waals surface area contributed by atoms with Gasteiger partial charge in [0.1, 0.15) is 19.3 Å². The second-order valence-corrected chi connectivity index (χ2v) is 29.3. The molecular weight excluding hydrogens is 1190 g/mol. The number of phosphoric ester groups is 2. The minimum Gasteiger partial charge on any atom is -0.462 e. The van der Waals surface area contributed by atoms with Gasteiger partial charge in [-0.3, -0.25) is 37.3 Å². The normalized spacial score (nSPS) is 15.1. The Kier molecular flexibility index (Phi) is 60.6. The van der Waals surface area contributed by atoms with Gasteiger partial charge in [-0.1, -0.05) is 305 Å². The lowest BCUT2D eigenvalue weighted by molar-refractivity contribution is -0.161. The van der Waals surface area contributed by atoms with Gasteiger partial charge < -0.3 is 33.8 Å². The largest absolute Gasteiger partial charge is 0.472 e. The third-order valence-electron chi connectivity index (χ3n) is 17.5. The number of carbonyl (C=O) groups is 4. The Morgan fingerprint density at radius 2 is 0.533 bits per heavy atom. The molecule has 0 heterocycles. The maximum absolute atomic E-state index is 13.0. The van der Waals surface area contributed by atoms with E-state index in [1.54, 1.807) is 0 Å². The predicted molar refractivity (Wildman–Crippen MR) is 363 cm³/mol. The van der Waals surface area contributed by atoms with E-state index < -0.39 is 97.5 Å². The number of esters is 4. The van der Waals surface area contributed by atoms with Crippen molar-refractivity contribution in [1.29, 1.82) is 0 Å². The van der Waals surface area contributed by atoms with Gasteiger partial charge >= 0.3 is 39.5 Å². The summed E-state index contributed by atoms with van der Waals surface area (Å²) >= 11 is 0. The van der Waals surface area contributed by atoms with Gasteiger partial charge in [0.25, 0.3) is 0 Å². The number of rotatable bonds is 69.